The molecule has 2 saturated heterocycles. The van der Waals surface area contributed by atoms with E-state index in [1.54, 1.807) is 6.07 Å². The van der Waals surface area contributed by atoms with Crippen LogP contribution in [-0.2, 0) is 20.7 Å². The molecule has 0 spiro atoms. The maximum atomic E-state index is 13.1. The van der Waals surface area contributed by atoms with E-state index in [1.165, 1.54) is 6.07 Å². The van der Waals surface area contributed by atoms with E-state index >= 15 is 0 Å². The summed E-state index contributed by atoms with van der Waals surface area (Å²) in [5, 5.41) is 14.4. The Kier molecular flexibility index (Phi) is 5.73. The number of carbonyl (C=O) groups is 2. The van der Waals surface area contributed by atoms with Gasteiger partial charge in [-0.1, -0.05) is 0 Å². The number of anilines is 1. The summed E-state index contributed by atoms with van der Waals surface area (Å²) in [6.45, 7) is 4.76. The van der Waals surface area contributed by atoms with Gasteiger partial charge < -0.3 is 19.9 Å². The summed E-state index contributed by atoms with van der Waals surface area (Å²) in [5.74, 6) is -0.181. The highest BCUT2D eigenvalue weighted by molar-refractivity contribution is 5.83. The second-order valence-electron chi connectivity index (χ2n) is 9.15. The van der Waals surface area contributed by atoms with Crippen molar-refractivity contribution in [2.75, 3.05) is 57.4 Å². The van der Waals surface area contributed by atoms with Crippen LogP contribution in [0.15, 0.2) is 18.2 Å². The van der Waals surface area contributed by atoms with Crippen molar-refractivity contribution in [2.24, 2.45) is 5.92 Å². The molecule has 1 aliphatic carbocycles. The molecule has 1 aromatic carbocycles. The fraction of sp³-hybridized carbons (Fsp3) is 0.636. The van der Waals surface area contributed by atoms with Crippen LogP contribution < -0.4 is 10.2 Å². The molecule has 4 aliphatic rings. The Hall–Kier alpha value is -2.72. The molecule has 1 saturated carbocycles. The third kappa shape index (κ3) is 4.29. The quantitative estimate of drug-likeness (QED) is 0.518. The van der Waals surface area contributed by atoms with Gasteiger partial charge in [0.25, 0.3) is 5.69 Å². The number of nitrogens with one attached hydrogen (secondary N) is 1. The Morgan fingerprint density at radius 3 is 2.66 bits per heavy atom. The van der Waals surface area contributed by atoms with Crippen molar-refractivity contribution >= 4 is 23.2 Å². The van der Waals surface area contributed by atoms with Crippen molar-refractivity contribution < 1.29 is 19.2 Å². The van der Waals surface area contributed by atoms with E-state index in [1.807, 2.05) is 11.0 Å². The van der Waals surface area contributed by atoms with Gasteiger partial charge in [-0.25, -0.2) is 0 Å². The summed E-state index contributed by atoms with van der Waals surface area (Å²) < 4.78 is 5.34. The monoisotopic (exact) mass is 443 g/mol. The van der Waals surface area contributed by atoms with Crippen LogP contribution in [0.25, 0.3) is 0 Å². The van der Waals surface area contributed by atoms with Crippen molar-refractivity contribution in [3.05, 3.63) is 33.9 Å². The number of amides is 2. The van der Waals surface area contributed by atoms with Crippen molar-refractivity contribution in [2.45, 2.75) is 31.3 Å². The number of carbonyl (C=O) groups excluding carboxylic acids is 2. The van der Waals surface area contributed by atoms with Crippen molar-refractivity contribution in [3.8, 4) is 0 Å². The lowest BCUT2D eigenvalue weighted by molar-refractivity contribution is -0.384. The van der Waals surface area contributed by atoms with Crippen LogP contribution in [-0.4, -0.2) is 91.1 Å². The van der Waals surface area contributed by atoms with Gasteiger partial charge in [-0.05, 0) is 30.9 Å². The highest BCUT2D eigenvalue weighted by atomic mass is 16.6. The number of ether oxygens (including phenoxy) is 1. The standard InChI is InChI=1S/C22H29N5O5/c28-21(25-7-9-32-10-8-25)14-24-5-6-26-19-4-3-17(27(30)31)11-15(19)12-18(20(26)13-24)22(29)23-16-1-2-16/h3-4,11,16,18,20H,1-2,5-10,12-14H2,(H,23,29). The minimum Gasteiger partial charge on any atom is -0.378 e. The molecule has 5 rings (SSSR count). The molecule has 2 amide bonds. The van der Waals surface area contributed by atoms with Crippen LogP contribution in [0.4, 0.5) is 11.4 Å². The highest BCUT2D eigenvalue weighted by Crippen LogP contribution is 2.38. The number of hydrogen-bond donors (Lipinski definition) is 1. The largest absolute Gasteiger partial charge is 0.378 e. The lowest BCUT2D eigenvalue weighted by Crippen LogP contribution is -2.62. The van der Waals surface area contributed by atoms with Crippen LogP contribution in [0.1, 0.15) is 18.4 Å². The zero-order chi connectivity index (χ0) is 22.2. The number of nitro benzene ring substituents is 1. The Morgan fingerprint density at radius 1 is 1.16 bits per heavy atom. The molecule has 1 N–H and O–H groups in total. The van der Waals surface area contributed by atoms with Gasteiger partial charge in [-0.15, -0.1) is 0 Å². The van der Waals surface area contributed by atoms with Crippen molar-refractivity contribution in [1.29, 1.82) is 0 Å². The molecule has 0 aromatic heterocycles. The van der Waals surface area contributed by atoms with Crippen LogP contribution in [0.3, 0.4) is 0 Å². The molecule has 2 unspecified atom stereocenters. The average Bonchev–Trinajstić information content (AvgIpc) is 3.62. The number of benzene rings is 1. The zero-order valence-electron chi connectivity index (χ0n) is 18.1. The van der Waals surface area contributed by atoms with Crippen molar-refractivity contribution in [3.63, 3.8) is 0 Å². The number of piperazine rings is 1. The maximum absolute atomic E-state index is 13.1. The smallest absolute Gasteiger partial charge is 0.269 e. The lowest BCUT2D eigenvalue weighted by atomic mass is 9.83. The summed E-state index contributed by atoms with van der Waals surface area (Å²) in [6, 6.07) is 5.15. The fourth-order valence-corrected chi connectivity index (χ4v) is 5.07. The highest BCUT2D eigenvalue weighted by Gasteiger charge is 2.43. The molecule has 32 heavy (non-hydrogen) atoms. The van der Waals surface area contributed by atoms with Crippen LogP contribution >= 0.6 is 0 Å². The molecule has 10 nitrogen and oxygen atoms in total. The summed E-state index contributed by atoms with van der Waals surface area (Å²) in [7, 11) is 0. The molecule has 3 heterocycles. The molecule has 172 valence electrons. The first-order valence-electron chi connectivity index (χ1n) is 11.4. The van der Waals surface area contributed by atoms with Crippen molar-refractivity contribution in [1.82, 2.24) is 15.1 Å². The van der Waals surface area contributed by atoms with Gasteiger partial charge in [0.15, 0.2) is 0 Å². The van der Waals surface area contributed by atoms with Crippen LogP contribution in [0.5, 0.6) is 0 Å². The number of rotatable bonds is 5. The fourth-order valence-electron chi connectivity index (χ4n) is 5.07. The number of fused-ring (bicyclic) bond motifs is 3. The molecule has 3 aliphatic heterocycles. The molecule has 3 fully saturated rings. The van der Waals surface area contributed by atoms with E-state index in [9.17, 15) is 19.7 Å². The molecule has 1 aromatic rings. The first-order valence-corrected chi connectivity index (χ1v) is 11.4. The predicted molar refractivity (Wildman–Crippen MR) is 116 cm³/mol. The Labute approximate surface area is 186 Å². The molecular weight excluding hydrogens is 414 g/mol. The third-order valence-corrected chi connectivity index (χ3v) is 6.97. The average molecular weight is 444 g/mol. The number of nitrogens with zero attached hydrogens (tertiary/aromatic N) is 4. The molecular formula is C22H29N5O5. The Bertz CT molecular complexity index is 914. The molecule has 2 atom stereocenters. The minimum absolute atomic E-state index is 0.0148. The van der Waals surface area contributed by atoms with E-state index in [2.05, 4.69) is 15.1 Å². The summed E-state index contributed by atoms with van der Waals surface area (Å²) in [5.41, 5.74) is 1.87. The van der Waals surface area contributed by atoms with E-state index in [4.69, 9.17) is 4.74 Å². The van der Waals surface area contributed by atoms with E-state index in [0.29, 0.717) is 58.9 Å². The van der Waals surface area contributed by atoms with Gasteiger partial charge in [-0.3, -0.25) is 24.6 Å². The Morgan fingerprint density at radius 2 is 1.94 bits per heavy atom. The van der Waals surface area contributed by atoms with Crippen LogP contribution in [0.2, 0.25) is 0 Å². The topological polar surface area (TPSA) is 108 Å². The van der Waals surface area contributed by atoms with Gasteiger partial charge in [0.2, 0.25) is 11.8 Å². The molecule has 10 heteroatoms. The Balaban J connectivity index is 1.35. The van der Waals surface area contributed by atoms with E-state index in [-0.39, 0.29) is 40.4 Å². The number of nitro groups is 1. The normalized spacial score (nSPS) is 25.6. The molecule has 0 radical (unpaired) electrons. The first kappa shape index (κ1) is 21.1. The minimum atomic E-state index is -0.388. The van der Waals surface area contributed by atoms with Crippen LogP contribution in [0, 0.1) is 16.0 Å². The summed E-state index contributed by atoms with van der Waals surface area (Å²) in [4.78, 5) is 43.0. The van der Waals surface area contributed by atoms with Gasteiger partial charge in [0.05, 0.1) is 36.6 Å². The SMILES string of the molecule is O=C(NC1CC1)C1Cc2cc([N+](=O)[O-])ccc2N2CCN(CC(=O)N3CCOCC3)CC12. The maximum Gasteiger partial charge on any atom is 0.269 e. The van der Waals surface area contributed by atoms with Gasteiger partial charge in [-0.2, -0.15) is 0 Å². The van der Waals surface area contributed by atoms with E-state index < -0.39 is 0 Å². The van der Waals surface area contributed by atoms with Gasteiger partial charge >= 0.3 is 0 Å². The zero-order valence-corrected chi connectivity index (χ0v) is 18.1. The summed E-state index contributed by atoms with van der Waals surface area (Å²) in [6.07, 6.45) is 2.49. The second kappa shape index (κ2) is 8.67. The number of morpholine rings is 1. The number of non-ortho nitro benzene ring substituents is 1. The number of hydrogen-bond acceptors (Lipinski definition) is 7. The second-order valence-corrected chi connectivity index (χ2v) is 9.15. The summed E-state index contributed by atoms with van der Waals surface area (Å²) >= 11 is 0. The predicted octanol–water partition coefficient (Wildman–Crippen LogP) is 0.395. The third-order valence-electron chi connectivity index (χ3n) is 6.97. The molecule has 0 bridgehead atoms. The van der Waals surface area contributed by atoms with E-state index in [0.717, 1.165) is 24.1 Å². The lowest BCUT2D eigenvalue weighted by Gasteiger charge is -2.49. The van der Waals surface area contributed by atoms with Gasteiger partial charge in [0.1, 0.15) is 0 Å². The van der Waals surface area contributed by atoms with Gasteiger partial charge in [0, 0.05) is 56.6 Å². The first-order chi connectivity index (χ1) is 15.5.